The second-order valence-corrected chi connectivity index (χ2v) is 6.55. The highest BCUT2D eigenvalue weighted by Crippen LogP contribution is 2.32. The normalized spacial score (nSPS) is 10.7. The molecule has 0 aliphatic heterocycles. The summed E-state index contributed by atoms with van der Waals surface area (Å²) >= 11 is 6.24. The third kappa shape index (κ3) is 3.54. The molecule has 0 saturated carbocycles. The molecule has 2 aromatic heterocycles. The lowest BCUT2D eigenvalue weighted by molar-refractivity contribution is 0.415. The Hall–Kier alpha value is -3.38. The van der Waals surface area contributed by atoms with E-state index in [0.717, 1.165) is 33.4 Å². The van der Waals surface area contributed by atoms with Crippen LogP contribution in [0.5, 0.6) is 5.75 Å². The quantitative estimate of drug-likeness (QED) is 0.490. The number of hydrogen-bond donors (Lipinski definition) is 2. The van der Waals surface area contributed by atoms with Gasteiger partial charge in [-0.15, -0.1) is 0 Å². The van der Waals surface area contributed by atoms with Crippen molar-refractivity contribution in [2.24, 2.45) is 0 Å². The van der Waals surface area contributed by atoms with Gasteiger partial charge in [0.2, 0.25) is 0 Å². The zero-order valence-corrected chi connectivity index (χ0v) is 16.2. The van der Waals surface area contributed by atoms with Crippen LogP contribution >= 0.6 is 11.6 Å². The third-order valence-corrected chi connectivity index (χ3v) is 4.71. The molecular weight excluding hydrogens is 374 g/mol. The van der Waals surface area contributed by atoms with Crippen LogP contribution in [0.25, 0.3) is 22.0 Å². The molecule has 0 radical (unpaired) electrons. The van der Waals surface area contributed by atoms with Crippen LogP contribution in [0.3, 0.4) is 0 Å². The molecule has 140 valence electrons. The van der Waals surface area contributed by atoms with E-state index in [9.17, 15) is 0 Å². The number of pyridine rings is 1. The summed E-state index contributed by atoms with van der Waals surface area (Å²) in [7, 11) is 3.46. The number of nitrogens with one attached hydrogen (secondary N) is 2. The molecule has 4 rings (SSSR count). The monoisotopic (exact) mass is 391 g/mol. The van der Waals surface area contributed by atoms with E-state index in [1.165, 1.54) is 0 Å². The first-order valence-corrected chi connectivity index (χ1v) is 9.04. The van der Waals surface area contributed by atoms with Crippen LogP contribution in [-0.2, 0) is 0 Å². The van der Waals surface area contributed by atoms with Crippen molar-refractivity contribution in [3.8, 4) is 16.9 Å². The minimum Gasteiger partial charge on any atom is -0.495 e. The highest BCUT2D eigenvalue weighted by Gasteiger charge is 2.09. The minimum atomic E-state index is 0.529. The van der Waals surface area contributed by atoms with Crippen LogP contribution in [0.1, 0.15) is 0 Å². The van der Waals surface area contributed by atoms with E-state index in [4.69, 9.17) is 16.3 Å². The van der Waals surface area contributed by atoms with Gasteiger partial charge in [0.15, 0.2) is 0 Å². The van der Waals surface area contributed by atoms with Gasteiger partial charge in [-0.1, -0.05) is 17.7 Å². The zero-order valence-electron chi connectivity index (χ0n) is 15.4. The molecule has 2 N–H and O–H groups in total. The molecule has 2 aromatic carbocycles. The summed E-state index contributed by atoms with van der Waals surface area (Å²) in [5.74, 6) is 1.32. The van der Waals surface area contributed by atoms with Crippen LogP contribution in [0.4, 0.5) is 17.2 Å². The van der Waals surface area contributed by atoms with Crippen LogP contribution in [-0.4, -0.2) is 29.1 Å². The van der Waals surface area contributed by atoms with Crippen LogP contribution in [0.15, 0.2) is 61.2 Å². The lowest BCUT2D eigenvalue weighted by Gasteiger charge is -2.11. The molecule has 2 heterocycles. The molecule has 0 atom stereocenters. The Balaban J connectivity index is 1.75. The number of hydrogen-bond acceptors (Lipinski definition) is 6. The van der Waals surface area contributed by atoms with Gasteiger partial charge in [0.25, 0.3) is 0 Å². The molecule has 4 aromatic rings. The number of rotatable bonds is 5. The lowest BCUT2D eigenvalue weighted by Crippen LogP contribution is -1.97. The summed E-state index contributed by atoms with van der Waals surface area (Å²) in [6.07, 6.45) is 5.16. The number of nitrogens with zero attached hydrogens (tertiary/aromatic N) is 3. The topological polar surface area (TPSA) is 72.0 Å². The van der Waals surface area contributed by atoms with Crippen molar-refractivity contribution in [1.29, 1.82) is 0 Å². The second-order valence-electron chi connectivity index (χ2n) is 6.14. The van der Waals surface area contributed by atoms with Gasteiger partial charge < -0.3 is 15.4 Å². The summed E-state index contributed by atoms with van der Waals surface area (Å²) < 4.78 is 5.21. The summed E-state index contributed by atoms with van der Waals surface area (Å²) in [4.78, 5) is 13.1. The van der Waals surface area contributed by atoms with Gasteiger partial charge in [0.1, 0.15) is 17.9 Å². The van der Waals surface area contributed by atoms with E-state index in [1.807, 2.05) is 43.6 Å². The molecule has 0 fully saturated rings. The Bertz CT molecular complexity index is 1150. The van der Waals surface area contributed by atoms with Crippen molar-refractivity contribution < 1.29 is 4.74 Å². The fourth-order valence-corrected chi connectivity index (χ4v) is 3.21. The smallest absolute Gasteiger partial charge is 0.141 e. The third-order valence-electron chi connectivity index (χ3n) is 4.41. The van der Waals surface area contributed by atoms with Crippen molar-refractivity contribution in [3.63, 3.8) is 0 Å². The molecule has 6 nitrogen and oxygen atoms in total. The first-order chi connectivity index (χ1) is 13.7. The average molecular weight is 392 g/mol. The van der Waals surface area contributed by atoms with Crippen LogP contribution in [0.2, 0.25) is 5.02 Å². The number of ether oxygens (including phenoxy) is 1. The Morgan fingerprint density at radius 3 is 2.61 bits per heavy atom. The number of anilines is 3. The van der Waals surface area contributed by atoms with Gasteiger partial charge in [-0.05, 0) is 42.0 Å². The van der Waals surface area contributed by atoms with Gasteiger partial charge in [0.05, 0.1) is 23.3 Å². The van der Waals surface area contributed by atoms with Gasteiger partial charge in [-0.25, -0.2) is 9.97 Å². The largest absolute Gasteiger partial charge is 0.495 e. The zero-order chi connectivity index (χ0) is 19.5. The number of aromatic nitrogens is 3. The van der Waals surface area contributed by atoms with E-state index >= 15 is 0 Å². The summed E-state index contributed by atoms with van der Waals surface area (Å²) in [6, 6.07) is 13.6. The Kier molecular flexibility index (Phi) is 4.95. The van der Waals surface area contributed by atoms with Crippen molar-refractivity contribution in [1.82, 2.24) is 15.0 Å². The Morgan fingerprint density at radius 1 is 0.929 bits per heavy atom. The number of fused-ring (bicyclic) bond motifs is 1. The number of methoxy groups -OCH3 is 1. The fraction of sp³-hybridized carbons (Fsp3) is 0.0952. The molecule has 0 spiro atoms. The highest BCUT2D eigenvalue weighted by molar-refractivity contribution is 6.32. The molecular formula is C21H18ClN5O. The Labute approximate surface area is 167 Å². The fourth-order valence-electron chi connectivity index (χ4n) is 2.95. The predicted molar refractivity (Wildman–Crippen MR) is 114 cm³/mol. The molecule has 0 bridgehead atoms. The highest BCUT2D eigenvalue weighted by atomic mass is 35.5. The predicted octanol–water partition coefficient (Wildman–Crippen LogP) is 5.14. The molecule has 0 aliphatic carbocycles. The maximum Gasteiger partial charge on any atom is 0.141 e. The summed E-state index contributed by atoms with van der Waals surface area (Å²) in [6.45, 7) is 0. The van der Waals surface area contributed by atoms with E-state index < -0.39 is 0 Å². The maximum atomic E-state index is 6.24. The SMILES string of the molecule is CNc1cncc(-c2ccc3ncnc(Nc4ccc(OC)c(Cl)c4)c3c2)c1. The maximum absolute atomic E-state index is 6.24. The van der Waals surface area contributed by atoms with E-state index in [-0.39, 0.29) is 0 Å². The molecule has 7 heteroatoms. The summed E-state index contributed by atoms with van der Waals surface area (Å²) in [5, 5.41) is 7.87. The van der Waals surface area contributed by atoms with E-state index in [0.29, 0.717) is 16.6 Å². The molecule has 0 amide bonds. The van der Waals surface area contributed by atoms with Gasteiger partial charge >= 0.3 is 0 Å². The van der Waals surface area contributed by atoms with Crippen molar-refractivity contribution >= 4 is 39.7 Å². The number of benzene rings is 2. The summed E-state index contributed by atoms with van der Waals surface area (Å²) in [5.41, 5.74) is 4.65. The van der Waals surface area contributed by atoms with E-state index in [1.54, 1.807) is 25.7 Å². The van der Waals surface area contributed by atoms with Crippen LogP contribution in [0, 0.1) is 0 Å². The average Bonchev–Trinajstić information content (AvgIpc) is 2.74. The number of halogens is 1. The molecule has 0 aliphatic rings. The first-order valence-electron chi connectivity index (χ1n) is 8.66. The lowest BCUT2D eigenvalue weighted by atomic mass is 10.0. The van der Waals surface area contributed by atoms with Gasteiger partial charge in [-0.2, -0.15) is 0 Å². The molecule has 0 unspecified atom stereocenters. The van der Waals surface area contributed by atoms with E-state index in [2.05, 4.69) is 31.7 Å². The second kappa shape index (κ2) is 7.70. The molecule has 28 heavy (non-hydrogen) atoms. The van der Waals surface area contributed by atoms with Crippen LogP contribution < -0.4 is 15.4 Å². The van der Waals surface area contributed by atoms with Crippen molar-refractivity contribution in [2.45, 2.75) is 0 Å². The first kappa shape index (κ1) is 18.0. The molecule has 0 saturated heterocycles. The van der Waals surface area contributed by atoms with Gasteiger partial charge in [-0.3, -0.25) is 4.98 Å². The van der Waals surface area contributed by atoms with Gasteiger partial charge in [0, 0.05) is 36.1 Å². The Morgan fingerprint density at radius 2 is 1.82 bits per heavy atom. The minimum absolute atomic E-state index is 0.529. The van der Waals surface area contributed by atoms with Crippen molar-refractivity contribution in [3.05, 3.63) is 66.2 Å². The standard InChI is InChI=1S/C21H18ClN5O/c1-23-16-7-14(10-24-11-16)13-3-5-19-17(8-13)21(26-12-25-19)27-15-4-6-20(28-2)18(22)9-15/h3-12,23H,1-2H3,(H,25,26,27). The van der Waals surface area contributed by atoms with Crippen molar-refractivity contribution in [2.75, 3.05) is 24.8 Å².